The molecule has 0 aliphatic rings. The Morgan fingerprint density at radius 1 is 0.909 bits per heavy atom. The van der Waals surface area contributed by atoms with Crippen molar-refractivity contribution in [1.82, 2.24) is 0 Å². The van der Waals surface area contributed by atoms with Gasteiger partial charge in [-0.05, 0) is 31.9 Å². The number of benzene rings is 1. The van der Waals surface area contributed by atoms with Gasteiger partial charge in [0, 0.05) is 12.1 Å². The summed E-state index contributed by atoms with van der Waals surface area (Å²) in [5, 5.41) is 3.02. The Hall–Kier alpha value is -1.31. The minimum Gasteiger partial charge on any atom is -0.326 e. The van der Waals surface area contributed by atoms with Crippen LogP contribution in [0.15, 0.2) is 18.2 Å². The van der Waals surface area contributed by atoms with Crippen molar-refractivity contribution in [2.75, 3.05) is 5.32 Å². The van der Waals surface area contributed by atoms with Gasteiger partial charge in [0.1, 0.15) is 0 Å². The molecule has 0 unspecified atom stereocenters. The molecule has 0 spiro atoms. The molecule has 0 radical (unpaired) electrons. The number of amides is 1. The van der Waals surface area contributed by atoms with Crippen LogP contribution in [0.2, 0.25) is 0 Å². The summed E-state index contributed by atoms with van der Waals surface area (Å²) < 4.78 is 0. The fourth-order valence-electron chi connectivity index (χ4n) is 2.76. The Bertz CT molecular complexity index is 439. The molecule has 0 aliphatic heterocycles. The number of carbonyl (C=O) groups excluding carboxylic acids is 1. The van der Waals surface area contributed by atoms with E-state index in [1.807, 2.05) is 19.1 Å². The Labute approximate surface area is 136 Å². The highest BCUT2D eigenvalue weighted by molar-refractivity contribution is 5.91. The number of hydrogen-bond donors (Lipinski definition) is 1. The first-order chi connectivity index (χ1) is 10.6. The predicted octanol–water partition coefficient (Wildman–Crippen LogP) is 6.16. The van der Waals surface area contributed by atoms with E-state index in [1.165, 1.54) is 56.9 Å². The molecule has 0 bridgehead atoms. The first kappa shape index (κ1) is 18.7. The molecule has 22 heavy (non-hydrogen) atoms. The van der Waals surface area contributed by atoms with Gasteiger partial charge in [0.25, 0.3) is 0 Å². The van der Waals surface area contributed by atoms with E-state index >= 15 is 0 Å². The van der Waals surface area contributed by atoms with Crippen LogP contribution >= 0.6 is 0 Å². The fourth-order valence-corrected chi connectivity index (χ4v) is 2.76. The van der Waals surface area contributed by atoms with Crippen LogP contribution in [0.4, 0.5) is 5.69 Å². The zero-order chi connectivity index (χ0) is 16.2. The van der Waals surface area contributed by atoms with Crippen LogP contribution in [0.25, 0.3) is 0 Å². The first-order valence-corrected chi connectivity index (χ1v) is 9.00. The Balaban J connectivity index is 2.06. The summed E-state index contributed by atoms with van der Waals surface area (Å²) in [6.45, 7) is 6.37. The quantitative estimate of drug-likeness (QED) is 0.487. The van der Waals surface area contributed by atoms with Crippen molar-refractivity contribution in [3.63, 3.8) is 0 Å². The molecular weight excluding hydrogens is 270 g/mol. The SMILES string of the molecule is CCCCCCCCCCCC(=O)Nc1ccc(C)cc1C. The van der Waals surface area contributed by atoms with Gasteiger partial charge in [-0.25, -0.2) is 0 Å². The molecule has 0 fully saturated rings. The van der Waals surface area contributed by atoms with Crippen LogP contribution in [0.3, 0.4) is 0 Å². The van der Waals surface area contributed by atoms with Gasteiger partial charge in [-0.3, -0.25) is 4.79 Å². The lowest BCUT2D eigenvalue weighted by atomic mass is 10.1. The van der Waals surface area contributed by atoms with E-state index in [2.05, 4.69) is 25.2 Å². The second kappa shape index (κ2) is 11.3. The predicted molar refractivity (Wildman–Crippen MR) is 96.4 cm³/mol. The molecule has 0 saturated carbocycles. The second-order valence-electron chi connectivity index (χ2n) is 6.44. The average molecular weight is 303 g/mol. The summed E-state index contributed by atoms with van der Waals surface area (Å²) in [7, 11) is 0. The number of hydrogen-bond acceptors (Lipinski definition) is 1. The van der Waals surface area contributed by atoms with Crippen LogP contribution < -0.4 is 5.32 Å². The van der Waals surface area contributed by atoms with Gasteiger partial charge < -0.3 is 5.32 Å². The minimum atomic E-state index is 0.148. The number of rotatable bonds is 11. The van der Waals surface area contributed by atoms with E-state index in [4.69, 9.17) is 0 Å². The van der Waals surface area contributed by atoms with Crippen molar-refractivity contribution in [3.8, 4) is 0 Å². The highest BCUT2D eigenvalue weighted by Crippen LogP contribution is 2.17. The third-order valence-electron chi connectivity index (χ3n) is 4.16. The van der Waals surface area contributed by atoms with Crippen molar-refractivity contribution < 1.29 is 4.79 Å². The number of anilines is 1. The summed E-state index contributed by atoms with van der Waals surface area (Å²) in [5.74, 6) is 0.148. The Morgan fingerprint density at radius 3 is 2.09 bits per heavy atom. The molecule has 124 valence electrons. The lowest BCUT2D eigenvalue weighted by molar-refractivity contribution is -0.116. The molecule has 0 saturated heterocycles. The highest BCUT2D eigenvalue weighted by atomic mass is 16.1. The Morgan fingerprint density at radius 2 is 1.50 bits per heavy atom. The van der Waals surface area contributed by atoms with E-state index in [-0.39, 0.29) is 5.91 Å². The number of carbonyl (C=O) groups is 1. The van der Waals surface area contributed by atoms with Gasteiger partial charge in [-0.15, -0.1) is 0 Å². The molecular formula is C20H33NO. The van der Waals surface area contributed by atoms with Crippen LogP contribution in [0.1, 0.15) is 82.3 Å². The van der Waals surface area contributed by atoms with E-state index in [1.54, 1.807) is 0 Å². The van der Waals surface area contributed by atoms with E-state index < -0.39 is 0 Å². The molecule has 1 amide bonds. The van der Waals surface area contributed by atoms with Gasteiger partial charge in [0.2, 0.25) is 5.91 Å². The molecule has 1 N–H and O–H groups in total. The van der Waals surface area contributed by atoms with Gasteiger partial charge in [0.15, 0.2) is 0 Å². The van der Waals surface area contributed by atoms with E-state index in [0.29, 0.717) is 6.42 Å². The van der Waals surface area contributed by atoms with Crippen molar-refractivity contribution in [3.05, 3.63) is 29.3 Å². The zero-order valence-electron chi connectivity index (χ0n) is 14.7. The third-order valence-corrected chi connectivity index (χ3v) is 4.16. The Kier molecular flexibility index (Phi) is 9.61. The van der Waals surface area contributed by atoms with Crippen molar-refractivity contribution in [2.45, 2.75) is 85.0 Å². The molecule has 1 aromatic carbocycles. The van der Waals surface area contributed by atoms with Gasteiger partial charge in [-0.1, -0.05) is 76.0 Å². The largest absolute Gasteiger partial charge is 0.326 e. The molecule has 1 rings (SSSR count). The van der Waals surface area contributed by atoms with Crippen LogP contribution in [0.5, 0.6) is 0 Å². The maximum Gasteiger partial charge on any atom is 0.224 e. The highest BCUT2D eigenvalue weighted by Gasteiger charge is 2.04. The lowest BCUT2D eigenvalue weighted by Gasteiger charge is -2.09. The fraction of sp³-hybridized carbons (Fsp3) is 0.650. The summed E-state index contributed by atoms with van der Waals surface area (Å²) in [5.41, 5.74) is 3.32. The summed E-state index contributed by atoms with van der Waals surface area (Å²) in [6, 6.07) is 6.15. The van der Waals surface area contributed by atoms with Crippen LogP contribution in [-0.4, -0.2) is 5.91 Å². The van der Waals surface area contributed by atoms with E-state index in [0.717, 1.165) is 17.7 Å². The molecule has 2 nitrogen and oxygen atoms in total. The normalized spacial score (nSPS) is 10.7. The zero-order valence-corrected chi connectivity index (χ0v) is 14.7. The monoisotopic (exact) mass is 303 g/mol. The first-order valence-electron chi connectivity index (χ1n) is 9.00. The van der Waals surface area contributed by atoms with Gasteiger partial charge in [-0.2, -0.15) is 0 Å². The molecule has 0 heterocycles. The number of unbranched alkanes of at least 4 members (excludes halogenated alkanes) is 8. The maximum absolute atomic E-state index is 11.9. The average Bonchev–Trinajstić information content (AvgIpc) is 2.48. The molecule has 1 aromatic rings. The summed E-state index contributed by atoms with van der Waals surface area (Å²) >= 11 is 0. The summed E-state index contributed by atoms with van der Waals surface area (Å²) in [4.78, 5) is 11.9. The standard InChI is InChI=1S/C20H33NO/c1-4-5-6-7-8-9-10-11-12-13-20(22)21-19-15-14-17(2)16-18(19)3/h14-16H,4-13H2,1-3H3,(H,21,22). The third kappa shape index (κ3) is 8.21. The van der Waals surface area contributed by atoms with Gasteiger partial charge >= 0.3 is 0 Å². The van der Waals surface area contributed by atoms with Crippen molar-refractivity contribution in [2.24, 2.45) is 0 Å². The number of nitrogens with one attached hydrogen (secondary N) is 1. The van der Waals surface area contributed by atoms with Crippen molar-refractivity contribution in [1.29, 1.82) is 0 Å². The minimum absolute atomic E-state index is 0.148. The van der Waals surface area contributed by atoms with Gasteiger partial charge in [0.05, 0.1) is 0 Å². The molecule has 2 heteroatoms. The van der Waals surface area contributed by atoms with Crippen molar-refractivity contribution >= 4 is 11.6 Å². The van der Waals surface area contributed by atoms with E-state index in [9.17, 15) is 4.79 Å². The maximum atomic E-state index is 11.9. The summed E-state index contributed by atoms with van der Waals surface area (Å²) in [6.07, 6.45) is 12.2. The molecule has 0 aromatic heterocycles. The van der Waals surface area contributed by atoms with Crippen LogP contribution in [0, 0.1) is 13.8 Å². The van der Waals surface area contributed by atoms with Crippen LogP contribution in [-0.2, 0) is 4.79 Å². The lowest BCUT2D eigenvalue weighted by Crippen LogP contribution is -2.12. The second-order valence-corrected chi connectivity index (χ2v) is 6.44. The smallest absolute Gasteiger partial charge is 0.224 e. The molecule has 0 atom stereocenters. The topological polar surface area (TPSA) is 29.1 Å². The number of aryl methyl sites for hydroxylation is 2. The molecule has 0 aliphatic carbocycles.